The minimum absolute atomic E-state index is 0.101. The molecule has 2 saturated carbocycles. The first-order chi connectivity index (χ1) is 15.9. The molecule has 0 saturated heterocycles. The van der Waals surface area contributed by atoms with E-state index < -0.39 is 5.54 Å². The van der Waals surface area contributed by atoms with Crippen LogP contribution in [0.4, 0.5) is 0 Å². The minimum atomic E-state index is -0.591. The molecule has 33 heavy (non-hydrogen) atoms. The number of rotatable bonds is 9. The molecule has 180 valence electrons. The van der Waals surface area contributed by atoms with Crippen LogP contribution in [0.3, 0.4) is 0 Å². The van der Waals surface area contributed by atoms with Crippen LogP contribution in [0.1, 0.15) is 114 Å². The van der Waals surface area contributed by atoms with Gasteiger partial charge in [-0.2, -0.15) is 9.97 Å². The fourth-order valence-corrected chi connectivity index (χ4v) is 4.48. The summed E-state index contributed by atoms with van der Waals surface area (Å²) in [5.41, 5.74) is -0.591. The summed E-state index contributed by atoms with van der Waals surface area (Å²) in [5.74, 6) is 2.33. The van der Waals surface area contributed by atoms with Gasteiger partial charge in [-0.15, -0.1) is 0 Å². The van der Waals surface area contributed by atoms with Crippen molar-refractivity contribution in [2.24, 2.45) is 5.92 Å². The number of nitrogens with zero attached hydrogens (tertiary/aromatic N) is 4. The second-order valence-electron chi connectivity index (χ2n) is 9.74. The predicted molar refractivity (Wildman–Crippen MR) is 118 cm³/mol. The van der Waals surface area contributed by atoms with Crippen molar-refractivity contribution in [3.63, 3.8) is 0 Å². The lowest BCUT2D eigenvalue weighted by atomic mass is 9.89. The van der Waals surface area contributed by atoms with Gasteiger partial charge in [0.05, 0.1) is 0 Å². The Labute approximate surface area is 193 Å². The molecule has 2 aliphatic rings. The average Bonchev–Trinajstić information content (AvgIpc) is 3.39. The van der Waals surface area contributed by atoms with Crippen molar-refractivity contribution in [1.29, 1.82) is 0 Å². The predicted octanol–water partition coefficient (Wildman–Crippen LogP) is 3.46. The number of aryl methyl sites for hydroxylation is 1. The zero-order valence-electron chi connectivity index (χ0n) is 19.7. The zero-order chi connectivity index (χ0) is 23.4. The molecule has 2 aromatic rings. The SMILES string of the molecule is CC(=O)NC1(c2noc(CCC(=O)NC(c3nc(C4CC4)no3)C(C)C)n2)CCCCCC1. The number of hydrogen-bond donors (Lipinski definition) is 2. The van der Waals surface area contributed by atoms with E-state index in [9.17, 15) is 9.59 Å². The molecule has 0 radical (unpaired) electrons. The lowest BCUT2D eigenvalue weighted by Crippen LogP contribution is -2.45. The molecule has 2 aliphatic carbocycles. The van der Waals surface area contributed by atoms with Crippen LogP contribution in [-0.4, -0.2) is 32.1 Å². The summed E-state index contributed by atoms with van der Waals surface area (Å²) in [6, 6.07) is -0.343. The summed E-state index contributed by atoms with van der Waals surface area (Å²) in [6.45, 7) is 5.52. The molecule has 4 rings (SSSR count). The van der Waals surface area contributed by atoms with Gasteiger partial charge in [-0.25, -0.2) is 0 Å². The number of hydrogen-bond acceptors (Lipinski definition) is 8. The van der Waals surface area contributed by atoms with E-state index >= 15 is 0 Å². The molecule has 1 unspecified atom stereocenters. The normalized spacial score (nSPS) is 19.2. The summed E-state index contributed by atoms with van der Waals surface area (Å²) in [5, 5.41) is 14.3. The van der Waals surface area contributed by atoms with Crippen LogP contribution in [-0.2, 0) is 21.5 Å². The van der Waals surface area contributed by atoms with Crippen molar-refractivity contribution in [3.8, 4) is 0 Å². The second-order valence-corrected chi connectivity index (χ2v) is 9.74. The third-order valence-electron chi connectivity index (χ3n) is 6.48. The molecule has 2 N–H and O–H groups in total. The Hall–Kier alpha value is -2.78. The van der Waals surface area contributed by atoms with Crippen LogP contribution in [0, 0.1) is 5.92 Å². The highest BCUT2D eigenvalue weighted by atomic mass is 16.5. The molecule has 10 nitrogen and oxygen atoms in total. The van der Waals surface area contributed by atoms with Gasteiger partial charge < -0.3 is 19.7 Å². The van der Waals surface area contributed by atoms with Crippen molar-refractivity contribution >= 4 is 11.8 Å². The van der Waals surface area contributed by atoms with E-state index in [-0.39, 0.29) is 30.2 Å². The number of carbonyl (C=O) groups is 2. The van der Waals surface area contributed by atoms with E-state index in [1.54, 1.807) is 0 Å². The van der Waals surface area contributed by atoms with Gasteiger partial charge in [0.25, 0.3) is 0 Å². The number of aromatic nitrogens is 4. The molecule has 2 aromatic heterocycles. The Morgan fingerprint density at radius 1 is 1.06 bits per heavy atom. The van der Waals surface area contributed by atoms with Crippen molar-refractivity contribution < 1.29 is 18.6 Å². The van der Waals surface area contributed by atoms with Crippen LogP contribution < -0.4 is 10.6 Å². The molecule has 2 heterocycles. The van der Waals surface area contributed by atoms with Gasteiger partial charge >= 0.3 is 0 Å². The molecule has 2 fully saturated rings. The van der Waals surface area contributed by atoms with E-state index in [1.807, 2.05) is 13.8 Å². The monoisotopic (exact) mass is 458 g/mol. The quantitative estimate of drug-likeness (QED) is 0.545. The Bertz CT molecular complexity index is 956. The van der Waals surface area contributed by atoms with Gasteiger partial charge in [0.1, 0.15) is 11.6 Å². The molecule has 0 aliphatic heterocycles. The van der Waals surface area contributed by atoms with Crippen molar-refractivity contribution in [2.75, 3.05) is 0 Å². The first kappa shape index (κ1) is 23.4. The van der Waals surface area contributed by atoms with Crippen LogP contribution in [0.15, 0.2) is 9.05 Å². The first-order valence-corrected chi connectivity index (χ1v) is 12.1. The molecule has 0 aromatic carbocycles. The first-order valence-electron chi connectivity index (χ1n) is 12.1. The smallest absolute Gasteiger partial charge is 0.249 e. The Morgan fingerprint density at radius 3 is 2.42 bits per heavy atom. The number of amides is 2. The summed E-state index contributed by atoms with van der Waals surface area (Å²) in [4.78, 5) is 33.6. The van der Waals surface area contributed by atoms with E-state index in [1.165, 1.54) is 6.92 Å². The topological polar surface area (TPSA) is 136 Å². The van der Waals surface area contributed by atoms with Crippen molar-refractivity contribution in [3.05, 3.63) is 23.4 Å². The lowest BCUT2D eigenvalue weighted by Gasteiger charge is -2.30. The Morgan fingerprint density at radius 2 is 1.79 bits per heavy atom. The highest BCUT2D eigenvalue weighted by molar-refractivity contribution is 5.76. The van der Waals surface area contributed by atoms with Gasteiger partial charge in [0, 0.05) is 25.7 Å². The van der Waals surface area contributed by atoms with Gasteiger partial charge in [0.15, 0.2) is 11.6 Å². The molecule has 0 spiro atoms. The molecular weight excluding hydrogens is 424 g/mol. The van der Waals surface area contributed by atoms with Crippen molar-refractivity contribution in [1.82, 2.24) is 30.9 Å². The van der Waals surface area contributed by atoms with Crippen LogP contribution in [0.2, 0.25) is 0 Å². The van der Waals surface area contributed by atoms with Gasteiger partial charge in [0.2, 0.25) is 23.6 Å². The highest BCUT2D eigenvalue weighted by Gasteiger charge is 2.38. The largest absolute Gasteiger partial charge is 0.344 e. The molecular formula is C23H34N6O4. The van der Waals surface area contributed by atoms with Crippen LogP contribution in [0.25, 0.3) is 0 Å². The van der Waals surface area contributed by atoms with E-state index in [2.05, 4.69) is 30.9 Å². The minimum Gasteiger partial charge on any atom is -0.344 e. The maximum atomic E-state index is 12.7. The second kappa shape index (κ2) is 10.0. The van der Waals surface area contributed by atoms with E-state index in [0.29, 0.717) is 29.9 Å². The standard InChI is InChI=1S/C23H34N6O4/c1-14(2)19(21-26-20(28-33-21)16-8-9-16)24-17(31)10-11-18-25-22(29-32-18)23(27-15(3)30)12-6-4-5-7-13-23/h14,16,19H,4-13H2,1-3H3,(H,24,31)(H,27,30). The zero-order valence-corrected chi connectivity index (χ0v) is 19.7. The van der Waals surface area contributed by atoms with Crippen LogP contribution >= 0.6 is 0 Å². The number of nitrogens with one attached hydrogen (secondary N) is 2. The van der Waals surface area contributed by atoms with Gasteiger partial charge in [-0.1, -0.05) is 49.8 Å². The lowest BCUT2D eigenvalue weighted by molar-refractivity contribution is -0.122. The Kier molecular flexibility index (Phi) is 7.09. The average molecular weight is 459 g/mol. The third-order valence-corrected chi connectivity index (χ3v) is 6.48. The summed E-state index contributed by atoms with van der Waals surface area (Å²) in [6.07, 6.45) is 8.53. The summed E-state index contributed by atoms with van der Waals surface area (Å²) in [7, 11) is 0. The van der Waals surface area contributed by atoms with E-state index in [0.717, 1.165) is 57.2 Å². The fraction of sp³-hybridized carbons (Fsp3) is 0.739. The van der Waals surface area contributed by atoms with Gasteiger partial charge in [-0.05, 0) is 31.6 Å². The van der Waals surface area contributed by atoms with Crippen LogP contribution in [0.5, 0.6) is 0 Å². The molecule has 2 amide bonds. The number of carbonyl (C=O) groups excluding carboxylic acids is 2. The summed E-state index contributed by atoms with van der Waals surface area (Å²) < 4.78 is 10.9. The van der Waals surface area contributed by atoms with Gasteiger partial charge in [-0.3, -0.25) is 9.59 Å². The maximum Gasteiger partial charge on any atom is 0.249 e. The Balaban J connectivity index is 1.37. The molecule has 1 atom stereocenters. The molecule has 0 bridgehead atoms. The molecule has 10 heteroatoms. The highest BCUT2D eigenvalue weighted by Crippen LogP contribution is 2.39. The fourth-order valence-electron chi connectivity index (χ4n) is 4.48. The third kappa shape index (κ3) is 5.78. The summed E-state index contributed by atoms with van der Waals surface area (Å²) >= 11 is 0. The maximum absolute atomic E-state index is 12.7. The van der Waals surface area contributed by atoms with Crippen molar-refractivity contribution in [2.45, 2.75) is 102 Å². The van der Waals surface area contributed by atoms with E-state index in [4.69, 9.17) is 9.05 Å².